The molecule has 6 nitrogen and oxygen atoms in total. The Morgan fingerprint density at radius 1 is 1.19 bits per heavy atom. The second-order valence-electron chi connectivity index (χ2n) is 7.05. The van der Waals surface area contributed by atoms with Gasteiger partial charge in [0.2, 0.25) is 0 Å². The Balaban J connectivity index is 1.41. The van der Waals surface area contributed by atoms with Crippen LogP contribution in [0.5, 0.6) is 0 Å². The highest BCUT2D eigenvalue weighted by Crippen LogP contribution is 2.35. The molecular formula is C19H18N4O2S. The fourth-order valence-corrected chi connectivity index (χ4v) is 4.91. The van der Waals surface area contributed by atoms with Crippen molar-refractivity contribution in [2.45, 2.75) is 18.9 Å². The van der Waals surface area contributed by atoms with Gasteiger partial charge in [-0.2, -0.15) is 5.10 Å². The fourth-order valence-electron chi connectivity index (χ4n) is 4.21. The van der Waals surface area contributed by atoms with Crippen molar-refractivity contribution in [3.05, 3.63) is 63.5 Å². The summed E-state index contributed by atoms with van der Waals surface area (Å²) in [6.45, 7) is 2.01. The molecule has 26 heavy (non-hydrogen) atoms. The van der Waals surface area contributed by atoms with Crippen LogP contribution in [0.4, 0.5) is 0 Å². The molecule has 2 aliphatic heterocycles. The molecule has 3 aromatic rings. The van der Waals surface area contributed by atoms with Gasteiger partial charge in [0.05, 0.1) is 10.6 Å². The smallest absolute Gasteiger partial charge is 0.274 e. The molecule has 2 aliphatic rings. The Kier molecular flexibility index (Phi) is 3.56. The van der Waals surface area contributed by atoms with Crippen molar-refractivity contribution in [3.63, 3.8) is 0 Å². The molecule has 1 saturated heterocycles. The van der Waals surface area contributed by atoms with Crippen molar-refractivity contribution in [2.24, 2.45) is 5.92 Å². The van der Waals surface area contributed by atoms with Gasteiger partial charge < -0.3 is 9.47 Å². The fraction of sp³-hybridized carbons (Fsp3) is 0.316. The van der Waals surface area contributed by atoms with Crippen LogP contribution in [0.2, 0.25) is 0 Å². The van der Waals surface area contributed by atoms with Gasteiger partial charge in [0.25, 0.3) is 11.5 Å². The van der Waals surface area contributed by atoms with E-state index in [4.69, 9.17) is 0 Å². The number of nitrogens with zero attached hydrogens (tertiary/aromatic N) is 3. The molecule has 1 amide bonds. The van der Waals surface area contributed by atoms with Crippen molar-refractivity contribution >= 4 is 17.2 Å². The molecule has 132 valence electrons. The van der Waals surface area contributed by atoms with Crippen molar-refractivity contribution < 1.29 is 4.79 Å². The van der Waals surface area contributed by atoms with Crippen LogP contribution in [-0.4, -0.2) is 38.7 Å². The average Bonchev–Trinajstić information content (AvgIpc) is 3.33. The van der Waals surface area contributed by atoms with E-state index < -0.39 is 0 Å². The van der Waals surface area contributed by atoms with E-state index in [-0.39, 0.29) is 17.4 Å². The first-order valence-electron chi connectivity index (χ1n) is 8.77. The van der Waals surface area contributed by atoms with Crippen LogP contribution in [-0.2, 0) is 6.54 Å². The summed E-state index contributed by atoms with van der Waals surface area (Å²) in [6.07, 6.45) is 1.04. The molecular weight excluding hydrogens is 348 g/mol. The van der Waals surface area contributed by atoms with Crippen molar-refractivity contribution in [2.75, 3.05) is 13.1 Å². The van der Waals surface area contributed by atoms with Gasteiger partial charge in [0.1, 0.15) is 0 Å². The van der Waals surface area contributed by atoms with E-state index in [1.807, 2.05) is 45.2 Å². The molecule has 7 heteroatoms. The predicted octanol–water partition coefficient (Wildman–Crippen LogP) is 2.56. The number of nitrogens with one attached hydrogen (secondary N) is 1. The first-order chi connectivity index (χ1) is 12.7. The Morgan fingerprint density at radius 2 is 2.12 bits per heavy atom. The quantitative estimate of drug-likeness (QED) is 0.758. The number of H-pyrrole nitrogens is 1. The van der Waals surface area contributed by atoms with Gasteiger partial charge in [-0.25, -0.2) is 0 Å². The van der Waals surface area contributed by atoms with Gasteiger partial charge in [-0.1, -0.05) is 12.1 Å². The molecule has 3 aromatic heterocycles. The highest BCUT2D eigenvalue weighted by atomic mass is 32.1. The summed E-state index contributed by atoms with van der Waals surface area (Å²) in [4.78, 5) is 28.1. The maximum absolute atomic E-state index is 13.0. The number of pyridine rings is 1. The lowest BCUT2D eigenvalue weighted by Gasteiger charge is -2.42. The highest BCUT2D eigenvalue weighted by Gasteiger charge is 2.36. The summed E-state index contributed by atoms with van der Waals surface area (Å²) < 4.78 is 1.88. The summed E-state index contributed by atoms with van der Waals surface area (Å²) in [7, 11) is 0. The number of thiophene rings is 1. The second kappa shape index (κ2) is 5.95. The molecule has 1 fully saturated rings. The Morgan fingerprint density at radius 3 is 2.96 bits per heavy atom. The molecule has 5 rings (SSSR count). The summed E-state index contributed by atoms with van der Waals surface area (Å²) in [5, 5.41) is 9.21. The van der Waals surface area contributed by atoms with E-state index in [9.17, 15) is 9.59 Å². The second-order valence-corrected chi connectivity index (χ2v) is 8.00. The van der Waals surface area contributed by atoms with Gasteiger partial charge in [0, 0.05) is 37.3 Å². The van der Waals surface area contributed by atoms with E-state index in [0.717, 1.165) is 22.7 Å². The molecule has 0 aliphatic carbocycles. The number of aromatic amines is 1. The number of aromatic nitrogens is 3. The van der Waals surface area contributed by atoms with Crippen molar-refractivity contribution in [1.29, 1.82) is 0 Å². The predicted molar refractivity (Wildman–Crippen MR) is 99.4 cm³/mol. The monoisotopic (exact) mass is 366 g/mol. The standard InChI is InChI=1S/C19H18N4O2S/c24-18-5-1-3-16-13-7-12(10-23(16)18)9-22(11-13)19(25)15-8-14(20-21-15)17-4-2-6-26-17/h1-6,8,12-13H,7,9-11H2,(H,20,21). The summed E-state index contributed by atoms with van der Waals surface area (Å²) in [5.41, 5.74) is 2.44. The Labute approximate surface area is 154 Å². The number of likely N-dealkylation sites (tertiary alicyclic amines) is 1. The summed E-state index contributed by atoms with van der Waals surface area (Å²) in [5.74, 6) is 0.502. The summed E-state index contributed by atoms with van der Waals surface area (Å²) >= 11 is 1.62. The molecule has 2 atom stereocenters. The molecule has 0 radical (unpaired) electrons. The Hall–Kier alpha value is -2.67. The normalized spacial score (nSPS) is 21.5. The number of piperidine rings is 1. The largest absolute Gasteiger partial charge is 0.336 e. The molecule has 1 N–H and O–H groups in total. The van der Waals surface area contributed by atoms with E-state index in [1.165, 1.54) is 0 Å². The van der Waals surface area contributed by atoms with Crippen LogP contribution >= 0.6 is 11.3 Å². The number of fused-ring (bicyclic) bond motifs is 4. The third-order valence-corrected chi connectivity index (χ3v) is 6.25. The third kappa shape index (κ3) is 2.50. The minimum atomic E-state index is -0.0366. The van der Waals surface area contributed by atoms with Crippen LogP contribution in [0.15, 0.2) is 46.6 Å². The number of carbonyl (C=O) groups excluding carboxylic acids is 1. The van der Waals surface area contributed by atoms with Gasteiger partial charge in [-0.3, -0.25) is 14.7 Å². The zero-order chi connectivity index (χ0) is 17.7. The van der Waals surface area contributed by atoms with Crippen molar-refractivity contribution in [1.82, 2.24) is 19.7 Å². The van der Waals surface area contributed by atoms with Gasteiger partial charge in [-0.15, -0.1) is 11.3 Å². The number of carbonyl (C=O) groups is 1. The van der Waals surface area contributed by atoms with Crippen LogP contribution in [0.25, 0.3) is 10.6 Å². The lowest BCUT2D eigenvalue weighted by Crippen LogP contribution is -2.49. The van der Waals surface area contributed by atoms with E-state index in [1.54, 1.807) is 17.4 Å². The molecule has 2 bridgehead atoms. The van der Waals surface area contributed by atoms with E-state index in [2.05, 4.69) is 10.2 Å². The molecule has 2 unspecified atom stereocenters. The molecule has 5 heterocycles. The Bertz CT molecular complexity index is 1020. The lowest BCUT2D eigenvalue weighted by molar-refractivity contribution is 0.0588. The maximum atomic E-state index is 13.0. The van der Waals surface area contributed by atoms with Crippen molar-refractivity contribution in [3.8, 4) is 10.6 Å². The van der Waals surface area contributed by atoms with Crippen LogP contribution in [0.3, 0.4) is 0 Å². The SMILES string of the molecule is O=C(c1cc(-c2cccs2)[nH]n1)N1CC2CC(C1)c1cccc(=O)n1C2. The van der Waals surface area contributed by atoms with Crippen LogP contribution < -0.4 is 5.56 Å². The lowest BCUT2D eigenvalue weighted by atomic mass is 9.83. The summed E-state index contributed by atoms with van der Waals surface area (Å²) in [6, 6.07) is 11.3. The molecule has 0 aromatic carbocycles. The number of hydrogen-bond donors (Lipinski definition) is 1. The third-order valence-electron chi connectivity index (χ3n) is 5.35. The minimum absolute atomic E-state index is 0.0366. The van der Waals surface area contributed by atoms with Gasteiger partial charge in [0.15, 0.2) is 5.69 Å². The zero-order valence-electron chi connectivity index (χ0n) is 14.1. The number of hydrogen-bond acceptors (Lipinski definition) is 4. The topological polar surface area (TPSA) is 71.0 Å². The van der Waals surface area contributed by atoms with Crippen LogP contribution in [0.1, 0.15) is 28.5 Å². The maximum Gasteiger partial charge on any atom is 0.274 e. The van der Waals surface area contributed by atoms with E-state index >= 15 is 0 Å². The first-order valence-corrected chi connectivity index (χ1v) is 9.65. The highest BCUT2D eigenvalue weighted by molar-refractivity contribution is 7.13. The number of amides is 1. The minimum Gasteiger partial charge on any atom is -0.336 e. The van der Waals surface area contributed by atoms with Gasteiger partial charge >= 0.3 is 0 Å². The van der Waals surface area contributed by atoms with E-state index in [0.29, 0.717) is 31.2 Å². The first kappa shape index (κ1) is 15.6. The molecule has 0 saturated carbocycles. The number of rotatable bonds is 2. The average molecular weight is 366 g/mol. The zero-order valence-corrected chi connectivity index (χ0v) is 14.9. The van der Waals surface area contributed by atoms with Gasteiger partial charge in [-0.05, 0) is 35.9 Å². The molecule has 0 spiro atoms. The van der Waals surface area contributed by atoms with Crippen LogP contribution in [0, 0.1) is 5.92 Å².